The van der Waals surface area contributed by atoms with E-state index in [4.69, 9.17) is 0 Å². The lowest BCUT2D eigenvalue weighted by Gasteiger charge is -2.20. The Kier molecular flexibility index (Phi) is 5.36. The van der Waals surface area contributed by atoms with E-state index in [1.807, 2.05) is 6.20 Å². The lowest BCUT2D eigenvalue weighted by atomic mass is 10.0. The molecule has 1 heterocycles. The molecule has 2 aromatic rings. The maximum absolute atomic E-state index is 4.44. The van der Waals surface area contributed by atoms with Crippen molar-refractivity contribution in [3.8, 4) is 0 Å². The SMILES string of the molecule is CCCn1nccc1C(Cc1cccc(C)c1)NCC. The predicted molar refractivity (Wildman–Crippen MR) is 83.8 cm³/mol. The minimum Gasteiger partial charge on any atom is -0.309 e. The van der Waals surface area contributed by atoms with Crippen molar-refractivity contribution in [1.29, 1.82) is 0 Å². The molecule has 1 aromatic heterocycles. The molecule has 1 unspecified atom stereocenters. The average molecular weight is 271 g/mol. The van der Waals surface area contributed by atoms with Crippen LogP contribution in [-0.2, 0) is 13.0 Å². The molecule has 0 aliphatic heterocycles. The van der Waals surface area contributed by atoms with Gasteiger partial charge in [-0.3, -0.25) is 4.68 Å². The van der Waals surface area contributed by atoms with E-state index in [-0.39, 0.29) is 0 Å². The molecule has 0 saturated heterocycles. The first-order valence-corrected chi connectivity index (χ1v) is 7.55. The number of likely N-dealkylation sites (N-methyl/N-ethyl adjacent to an activating group) is 1. The fraction of sp³-hybridized carbons (Fsp3) is 0.471. The zero-order valence-corrected chi connectivity index (χ0v) is 12.8. The molecule has 0 bridgehead atoms. The van der Waals surface area contributed by atoms with Crippen molar-refractivity contribution in [2.45, 2.75) is 46.2 Å². The number of hydrogen-bond donors (Lipinski definition) is 1. The van der Waals surface area contributed by atoms with Crippen LogP contribution in [0, 0.1) is 6.92 Å². The minimum absolute atomic E-state index is 0.329. The van der Waals surface area contributed by atoms with Crippen molar-refractivity contribution in [3.05, 3.63) is 53.3 Å². The molecule has 0 fully saturated rings. The topological polar surface area (TPSA) is 29.9 Å². The normalized spacial score (nSPS) is 12.6. The van der Waals surface area contributed by atoms with Gasteiger partial charge in [-0.1, -0.05) is 43.7 Å². The van der Waals surface area contributed by atoms with Crippen LogP contribution >= 0.6 is 0 Å². The summed E-state index contributed by atoms with van der Waals surface area (Å²) < 4.78 is 2.13. The van der Waals surface area contributed by atoms with Crippen molar-refractivity contribution < 1.29 is 0 Å². The summed E-state index contributed by atoms with van der Waals surface area (Å²) in [5, 5.41) is 8.04. The second-order valence-corrected chi connectivity index (χ2v) is 5.28. The van der Waals surface area contributed by atoms with Gasteiger partial charge in [-0.15, -0.1) is 0 Å². The first-order valence-electron chi connectivity index (χ1n) is 7.55. The highest BCUT2D eigenvalue weighted by atomic mass is 15.3. The summed E-state index contributed by atoms with van der Waals surface area (Å²) in [6.07, 6.45) is 4.02. The molecule has 0 saturated carbocycles. The van der Waals surface area contributed by atoms with Crippen LogP contribution in [-0.4, -0.2) is 16.3 Å². The fourth-order valence-corrected chi connectivity index (χ4v) is 2.64. The van der Waals surface area contributed by atoms with Crippen molar-refractivity contribution in [2.24, 2.45) is 0 Å². The second-order valence-electron chi connectivity index (χ2n) is 5.28. The molecule has 2 rings (SSSR count). The lowest BCUT2D eigenvalue weighted by Crippen LogP contribution is -2.25. The Morgan fingerprint density at radius 2 is 2.10 bits per heavy atom. The van der Waals surface area contributed by atoms with E-state index >= 15 is 0 Å². The zero-order chi connectivity index (χ0) is 14.4. The smallest absolute Gasteiger partial charge is 0.0556 e. The third-order valence-electron chi connectivity index (χ3n) is 3.51. The minimum atomic E-state index is 0.329. The summed E-state index contributed by atoms with van der Waals surface area (Å²) in [6, 6.07) is 11.2. The first kappa shape index (κ1) is 14.8. The Morgan fingerprint density at radius 1 is 1.25 bits per heavy atom. The van der Waals surface area contributed by atoms with Gasteiger partial charge in [-0.2, -0.15) is 5.10 Å². The molecule has 3 nitrogen and oxygen atoms in total. The van der Waals surface area contributed by atoms with E-state index in [2.05, 4.69) is 66.2 Å². The summed E-state index contributed by atoms with van der Waals surface area (Å²) >= 11 is 0. The van der Waals surface area contributed by atoms with Crippen LogP contribution in [0.2, 0.25) is 0 Å². The number of aryl methyl sites for hydroxylation is 2. The fourth-order valence-electron chi connectivity index (χ4n) is 2.64. The van der Waals surface area contributed by atoms with Crippen molar-refractivity contribution in [2.75, 3.05) is 6.54 Å². The largest absolute Gasteiger partial charge is 0.309 e. The van der Waals surface area contributed by atoms with Crippen LogP contribution in [0.4, 0.5) is 0 Å². The molecule has 0 aliphatic rings. The molecule has 0 spiro atoms. The molecule has 1 atom stereocenters. The molecular formula is C17H25N3. The Morgan fingerprint density at radius 3 is 2.80 bits per heavy atom. The Bertz CT molecular complexity index is 531. The number of nitrogens with zero attached hydrogens (tertiary/aromatic N) is 2. The molecule has 1 N–H and O–H groups in total. The highest BCUT2D eigenvalue weighted by Gasteiger charge is 2.15. The van der Waals surface area contributed by atoms with Crippen LogP contribution in [0.3, 0.4) is 0 Å². The Labute approximate surface area is 122 Å². The molecule has 0 amide bonds. The standard InChI is InChI=1S/C17H25N3/c1-4-11-20-17(9-10-19-20)16(18-5-2)13-15-8-6-7-14(3)12-15/h6-10,12,16,18H,4-5,11,13H2,1-3H3. The van der Waals surface area contributed by atoms with E-state index in [0.717, 1.165) is 25.9 Å². The van der Waals surface area contributed by atoms with Gasteiger partial charge in [0.1, 0.15) is 0 Å². The highest BCUT2D eigenvalue weighted by Crippen LogP contribution is 2.19. The molecule has 20 heavy (non-hydrogen) atoms. The number of hydrogen-bond acceptors (Lipinski definition) is 2. The molecule has 1 aromatic carbocycles. The van der Waals surface area contributed by atoms with Crippen LogP contribution < -0.4 is 5.32 Å². The third-order valence-corrected chi connectivity index (χ3v) is 3.51. The highest BCUT2D eigenvalue weighted by molar-refractivity contribution is 5.24. The number of benzene rings is 1. The summed E-state index contributed by atoms with van der Waals surface area (Å²) in [7, 11) is 0. The molecule has 0 radical (unpaired) electrons. The van der Waals surface area contributed by atoms with E-state index in [9.17, 15) is 0 Å². The van der Waals surface area contributed by atoms with Gasteiger partial charge in [0.2, 0.25) is 0 Å². The Balaban J connectivity index is 2.20. The van der Waals surface area contributed by atoms with E-state index in [1.54, 1.807) is 0 Å². The van der Waals surface area contributed by atoms with Crippen LogP contribution in [0.1, 0.15) is 43.1 Å². The van der Waals surface area contributed by atoms with E-state index in [0.29, 0.717) is 6.04 Å². The number of nitrogens with one attached hydrogen (secondary N) is 1. The molecule has 0 aliphatic carbocycles. The van der Waals surface area contributed by atoms with E-state index < -0.39 is 0 Å². The third kappa shape index (κ3) is 3.70. The van der Waals surface area contributed by atoms with Crippen molar-refractivity contribution >= 4 is 0 Å². The summed E-state index contributed by atoms with van der Waals surface area (Å²) in [6.45, 7) is 8.44. The van der Waals surface area contributed by atoms with Gasteiger partial charge < -0.3 is 5.32 Å². The summed E-state index contributed by atoms with van der Waals surface area (Å²) in [4.78, 5) is 0. The van der Waals surface area contributed by atoms with Crippen LogP contribution in [0.15, 0.2) is 36.5 Å². The van der Waals surface area contributed by atoms with Gasteiger partial charge in [-0.25, -0.2) is 0 Å². The first-order chi connectivity index (χ1) is 9.74. The van der Waals surface area contributed by atoms with Gasteiger partial charge in [-0.05, 0) is 37.9 Å². The van der Waals surface area contributed by atoms with Gasteiger partial charge in [0.25, 0.3) is 0 Å². The van der Waals surface area contributed by atoms with Gasteiger partial charge in [0, 0.05) is 12.7 Å². The zero-order valence-electron chi connectivity index (χ0n) is 12.8. The second kappa shape index (κ2) is 7.25. The lowest BCUT2D eigenvalue weighted by molar-refractivity contribution is 0.478. The van der Waals surface area contributed by atoms with Crippen molar-refractivity contribution in [1.82, 2.24) is 15.1 Å². The predicted octanol–water partition coefficient (Wildman–Crippen LogP) is 3.49. The van der Waals surface area contributed by atoms with Gasteiger partial charge in [0.05, 0.1) is 11.7 Å². The monoisotopic (exact) mass is 271 g/mol. The average Bonchev–Trinajstić information content (AvgIpc) is 2.87. The van der Waals surface area contributed by atoms with Crippen LogP contribution in [0.25, 0.3) is 0 Å². The molecular weight excluding hydrogens is 246 g/mol. The number of rotatable bonds is 7. The van der Waals surface area contributed by atoms with Gasteiger partial charge >= 0.3 is 0 Å². The van der Waals surface area contributed by atoms with Crippen LogP contribution in [0.5, 0.6) is 0 Å². The molecule has 108 valence electrons. The number of aromatic nitrogens is 2. The summed E-state index contributed by atoms with van der Waals surface area (Å²) in [5.74, 6) is 0. The molecule has 3 heteroatoms. The Hall–Kier alpha value is -1.61. The maximum atomic E-state index is 4.44. The summed E-state index contributed by atoms with van der Waals surface area (Å²) in [5.41, 5.74) is 3.98. The van der Waals surface area contributed by atoms with Gasteiger partial charge in [0.15, 0.2) is 0 Å². The quantitative estimate of drug-likeness (QED) is 0.835. The van der Waals surface area contributed by atoms with Crippen molar-refractivity contribution in [3.63, 3.8) is 0 Å². The van der Waals surface area contributed by atoms with E-state index in [1.165, 1.54) is 16.8 Å². The maximum Gasteiger partial charge on any atom is 0.0556 e.